The minimum atomic E-state index is -0.224. The van der Waals surface area contributed by atoms with E-state index in [0.29, 0.717) is 27.7 Å². The first-order chi connectivity index (χ1) is 22.6. The molecule has 2 saturated carbocycles. The van der Waals surface area contributed by atoms with Crippen LogP contribution in [0.25, 0.3) is 0 Å². The lowest BCUT2D eigenvalue weighted by Crippen LogP contribution is -2.55. The lowest BCUT2D eigenvalue weighted by molar-refractivity contribution is -0.114. The molecule has 48 heavy (non-hydrogen) atoms. The minimum Gasteiger partial charge on any atom is -0.393 e. The zero-order valence-corrected chi connectivity index (χ0v) is 31.2. The molecule has 3 nitrogen and oxygen atoms in total. The number of allylic oxidation sites excluding steroid dienone is 9. The summed E-state index contributed by atoms with van der Waals surface area (Å²) in [6, 6.07) is 9.55. The predicted octanol–water partition coefficient (Wildman–Crippen LogP) is 11.1. The van der Waals surface area contributed by atoms with Crippen LogP contribution in [-0.4, -0.2) is 22.8 Å². The number of carbonyl (C=O) groups is 2. The van der Waals surface area contributed by atoms with Crippen molar-refractivity contribution in [2.24, 2.45) is 39.4 Å². The third-order valence-electron chi connectivity index (χ3n) is 14.4. The first-order valence-corrected chi connectivity index (χ1v) is 18.8. The molecular weight excluding hydrogens is 588 g/mol. The second-order valence-corrected chi connectivity index (χ2v) is 17.4. The van der Waals surface area contributed by atoms with Gasteiger partial charge >= 0.3 is 0 Å². The Labute approximate surface area is 291 Å². The van der Waals surface area contributed by atoms with Crippen molar-refractivity contribution in [3.63, 3.8) is 0 Å². The summed E-state index contributed by atoms with van der Waals surface area (Å²) in [5.41, 5.74) is 7.86. The number of hydrogen-bond acceptors (Lipinski definition) is 3. The van der Waals surface area contributed by atoms with E-state index in [4.69, 9.17) is 0 Å². The number of rotatable bonds is 7. The summed E-state index contributed by atoms with van der Waals surface area (Å²) in [6.45, 7) is 23.4. The molecule has 5 aliphatic rings. The molecule has 0 bridgehead atoms. The number of fused-ring (bicyclic) bond motifs is 4. The Hall–Kier alpha value is -2.78. The van der Waals surface area contributed by atoms with Gasteiger partial charge in [-0.15, -0.1) is 6.58 Å². The summed E-state index contributed by atoms with van der Waals surface area (Å²) in [6.07, 6.45) is 20.8. The van der Waals surface area contributed by atoms with E-state index < -0.39 is 0 Å². The van der Waals surface area contributed by atoms with Gasteiger partial charge in [0.2, 0.25) is 0 Å². The van der Waals surface area contributed by atoms with Gasteiger partial charge in [0.15, 0.2) is 11.6 Å². The maximum Gasteiger partial charge on any atom is 0.183 e. The topological polar surface area (TPSA) is 54.4 Å². The Morgan fingerprint density at radius 2 is 1.65 bits per heavy atom. The first-order valence-electron chi connectivity index (χ1n) is 18.8. The molecule has 0 radical (unpaired) electrons. The first kappa shape index (κ1) is 36.5. The summed E-state index contributed by atoms with van der Waals surface area (Å²) in [5.74, 6) is 1.82. The Kier molecular flexibility index (Phi) is 10.5. The molecule has 2 fully saturated rings. The highest BCUT2D eigenvalue weighted by Crippen LogP contribution is 2.72. The van der Waals surface area contributed by atoms with Gasteiger partial charge in [-0.3, -0.25) is 9.59 Å². The van der Waals surface area contributed by atoms with Gasteiger partial charge in [0.1, 0.15) is 0 Å². The van der Waals surface area contributed by atoms with E-state index in [1.54, 1.807) is 6.08 Å². The third-order valence-corrected chi connectivity index (χ3v) is 14.4. The SMILES string of the molecule is C=CC(C1=CC(=O)C=CC1=O)c1ccccc1.CC(C)=CCCC(C)C1CCC2(C)C3=C(CCC12C)C1(C)CCC(O)C(C)(C)C1CC3. The second-order valence-electron chi connectivity index (χ2n) is 17.4. The van der Waals surface area contributed by atoms with Gasteiger partial charge in [0.05, 0.1) is 6.10 Å². The lowest BCUT2D eigenvalue weighted by atomic mass is 9.43. The average Bonchev–Trinajstić information content (AvgIpc) is 3.33. The molecule has 0 aliphatic heterocycles. The summed E-state index contributed by atoms with van der Waals surface area (Å²) in [5, 5.41) is 10.8. The highest BCUT2D eigenvalue weighted by molar-refractivity contribution is 6.18. The molecule has 0 spiro atoms. The van der Waals surface area contributed by atoms with Crippen LogP contribution >= 0.6 is 0 Å². The van der Waals surface area contributed by atoms with Crippen molar-refractivity contribution >= 4 is 11.6 Å². The van der Waals surface area contributed by atoms with Crippen molar-refractivity contribution in [1.82, 2.24) is 0 Å². The Balaban J connectivity index is 0.000000224. The van der Waals surface area contributed by atoms with Crippen LogP contribution in [0.5, 0.6) is 0 Å². The molecule has 0 amide bonds. The van der Waals surface area contributed by atoms with E-state index in [-0.39, 0.29) is 29.0 Å². The van der Waals surface area contributed by atoms with Crippen LogP contribution in [0.2, 0.25) is 0 Å². The average molecular weight is 651 g/mol. The van der Waals surface area contributed by atoms with Crippen LogP contribution in [0.3, 0.4) is 0 Å². The van der Waals surface area contributed by atoms with Crippen LogP contribution in [0, 0.1) is 39.4 Å². The molecule has 5 aliphatic carbocycles. The number of hydrogen-bond donors (Lipinski definition) is 1. The lowest BCUT2D eigenvalue weighted by Gasteiger charge is -2.62. The standard InChI is InChI=1S/C30H50O.C15H12O2/c1-20(2)10-9-11-21(3)22-14-18-30(8)24-12-13-25-27(4,5)26(31)16-17-28(25,6)23(24)15-19-29(22,30)7;1-2-13(11-6-4-3-5-7-11)14-10-12(16)8-9-15(14)17/h10,21-22,25-26,31H,9,11-19H2,1-8H3;2-10,13H,1H2. The van der Waals surface area contributed by atoms with Crippen LogP contribution in [0.1, 0.15) is 131 Å². The number of aliphatic hydroxyl groups is 1. The molecule has 1 aromatic rings. The monoisotopic (exact) mass is 650 g/mol. The van der Waals surface area contributed by atoms with E-state index in [9.17, 15) is 14.7 Å². The summed E-state index contributed by atoms with van der Waals surface area (Å²) in [4.78, 5) is 23.1. The van der Waals surface area contributed by atoms with E-state index in [1.807, 2.05) is 41.5 Å². The van der Waals surface area contributed by atoms with Gasteiger partial charge in [0, 0.05) is 11.5 Å². The molecule has 1 N–H and O–H groups in total. The highest BCUT2D eigenvalue weighted by Gasteiger charge is 2.63. The van der Waals surface area contributed by atoms with Gasteiger partial charge in [0.25, 0.3) is 0 Å². The van der Waals surface area contributed by atoms with E-state index >= 15 is 0 Å². The molecule has 0 aromatic heterocycles. The molecule has 0 heterocycles. The van der Waals surface area contributed by atoms with Crippen molar-refractivity contribution in [2.45, 2.75) is 132 Å². The van der Waals surface area contributed by atoms with Crippen LogP contribution < -0.4 is 0 Å². The molecular formula is C45H62O3. The number of ketones is 2. The van der Waals surface area contributed by atoms with E-state index in [2.05, 4.69) is 68.0 Å². The number of aliphatic hydroxyl groups excluding tert-OH is 1. The zero-order chi connectivity index (χ0) is 35.1. The third kappa shape index (κ3) is 6.34. The quantitative estimate of drug-likeness (QED) is 0.236. The smallest absolute Gasteiger partial charge is 0.183 e. The summed E-state index contributed by atoms with van der Waals surface area (Å²) < 4.78 is 0. The second kappa shape index (κ2) is 13.9. The predicted molar refractivity (Wildman–Crippen MR) is 199 cm³/mol. The van der Waals surface area contributed by atoms with Gasteiger partial charge in [-0.05, 0) is 141 Å². The highest BCUT2D eigenvalue weighted by atomic mass is 16.3. The maximum atomic E-state index is 11.8. The fourth-order valence-corrected chi connectivity index (χ4v) is 11.3. The molecule has 1 aromatic carbocycles. The number of carbonyl (C=O) groups excluding carboxylic acids is 2. The summed E-state index contributed by atoms with van der Waals surface area (Å²) in [7, 11) is 0. The van der Waals surface area contributed by atoms with Crippen LogP contribution in [0.4, 0.5) is 0 Å². The molecule has 8 unspecified atom stereocenters. The Morgan fingerprint density at radius 1 is 0.938 bits per heavy atom. The fourth-order valence-electron chi connectivity index (χ4n) is 11.3. The normalized spacial score (nSPS) is 34.9. The number of benzene rings is 1. The zero-order valence-electron chi connectivity index (χ0n) is 31.2. The van der Waals surface area contributed by atoms with Crippen molar-refractivity contribution in [3.05, 3.63) is 95.1 Å². The Morgan fingerprint density at radius 3 is 2.31 bits per heavy atom. The Bertz CT molecular complexity index is 1520. The minimum absolute atomic E-state index is 0.0465. The van der Waals surface area contributed by atoms with Gasteiger partial charge in [-0.25, -0.2) is 0 Å². The van der Waals surface area contributed by atoms with Crippen LogP contribution in [-0.2, 0) is 9.59 Å². The van der Waals surface area contributed by atoms with Gasteiger partial charge < -0.3 is 5.11 Å². The van der Waals surface area contributed by atoms with Crippen molar-refractivity contribution in [3.8, 4) is 0 Å². The summed E-state index contributed by atoms with van der Waals surface area (Å²) >= 11 is 0. The van der Waals surface area contributed by atoms with Gasteiger partial charge in [-0.2, -0.15) is 0 Å². The van der Waals surface area contributed by atoms with Crippen molar-refractivity contribution in [1.29, 1.82) is 0 Å². The molecule has 6 rings (SSSR count). The molecule has 0 saturated heterocycles. The molecule has 3 heteroatoms. The molecule has 8 atom stereocenters. The van der Waals surface area contributed by atoms with E-state index in [0.717, 1.165) is 23.8 Å². The largest absolute Gasteiger partial charge is 0.393 e. The van der Waals surface area contributed by atoms with Crippen LogP contribution in [0.15, 0.2) is 89.6 Å². The van der Waals surface area contributed by atoms with Gasteiger partial charge in [-0.1, -0.05) is 101 Å². The van der Waals surface area contributed by atoms with Crippen molar-refractivity contribution in [2.75, 3.05) is 0 Å². The van der Waals surface area contributed by atoms with E-state index in [1.165, 1.54) is 81.6 Å². The van der Waals surface area contributed by atoms with Crippen molar-refractivity contribution < 1.29 is 14.7 Å². The molecule has 260 valence electrons. The maximum absolute atomic E-state index is 11.8. The fraction of sp³-hybridized carbons (Fsp3) is 0.600.